The molecule has 2 unspecified atom stereocenters. The van der Waals surface area contributed by atoms with Crippen molar-refractivity contribution >= 4 is 5.69 Å². The molecule has 2 heterocycles. The number of nitrogens with one attached hydrogen (secondary N) is 1. The summed E-state index contributed by atoms with van der Waals surface area (Å²) in [5.74, 6) is 0.0457. The molecule has 4 nitrogen and oxygen atoms in total. The molecule has 2 bridgehead atoms. The summed E-state index contributed by atoms with van der Waals surface area (Å²) in [4.78, 5) is 0. The number of anilines is 1. The molecule has 1 aromatic rings. The lowest BCUT2D eigenvalue weighted by Gasteiger charge is -2.39. The summed E-state index contributed by atoms with van der Waals surface area (Å²) < 4.78 is 0. The van der Waals surface area contributed by atoms with Gasteiger partial charge in [0.25, 0.3) is 0 Å². The van der Waals surface area contributed by atoms with Gasteiger partial charge in [-0.15, -0.1) is 0 Å². The van der Waals surface area contributed by atoms with Crippen molar-refractivity contribution in [1.29, 1.82) is 0 Å². The summed E-state index contributed by atoms with van der Waals surface area (Å²) in [6.07, 6.45) is 0.712. The van der Waals surface area contributed by atoms with Gasteiger partial charge in [0.2, 0.25) is 0 Å². The van der Waals surface area contributed by atoms with Crippen molar-refractivity contribution in [1.82, 2.24) is 0 Å². The van der Waals surface area contributed by atoms with Crippen molar-refractivity contribution < 1.29 is 0 Å². The predicted octanol–water partition coefficient (Wildman–Crippen LogP) is 0.894. The molecule has 88 valence electrons. The SMILES string of the molecule is CC1(N)CC(C(C)(N)N)c2ccc(cc2)N1. The van der Waals surface area contributed by atoms with Crippen molar-refractivity contribution in [3.05, 3.63) is 29.8 Å². The van der Waals surface area contributed by atoms with E-state index >= 15 is 0 Å². The first-order chi connectivity index (χ1) is 7.28. The standard InChI is InChI=1S/C12H20N4/c1-11(13)7-10(12(2,14)15)8-3-5-9(16-11)6-4-8/h3-6,10,16H,7,13-15H2,1-2H3. The van der Waals surface area contributed by atoms with Gasteiger partial charge in [-0.05, 0) is 38.0 Å². The van der Waals surface area contributed by atoms with E-state index in [2.05, 4.69) is 17.4 Å². The third kappa shape index (κ3) is 2.19. The predicted molar refractivity (Wildman–Crippen MR) is 66.8 cm³/mol. The number of fused-ring (bicyclic) bond motifs is 5. The van der Waals surface area contributed by atoms with Gasteiger partial charge in [0.1, 0.15) is 0 Å². The summed E-state index contributed by atoms with van der Waals surface area (Å²) in [5, 5.41) is 3.28. The highest BCUT2D eigenvalue weighted by atomic mass is 15.1. The first kappa shape index (κ1) is 11.4. The maximum Gasteiger partial charge on any atom is 0.0834 e. The fraction of sp³-hybridized carbons (Fsp3) is 0.500. The van der Waals surface area contributed by atoms with Gasteiger partial charge >= 0.3 is 0 Å². The van der Waals surface area contributed by atoms with Crippen LogP contribution in [-0.2, 0) is 0 Å². The first-order valence-electron chi connectivity index (χ1n) is 5.53. The zero-order valence-electron chi connectivity index (χ0n) is 9.83. The smallest absolute Gasteiger partial charge is 0.0834 e. The second-order valence-electron chi connectivity index (χ2n) is 5.29. The van der Waals surface area contributed by atoms with Crippen LogP contribution in [0.5, 0.6) is 0 Å². The zero-order chi connectivity index (χ0) is 12.0. The molecule has 7 N–H and O–H groups in total. The lowest BCUT2D eigenvalue weighted by atomic mass is 9.80. The lowest BCUT2D eigenvalue weighted by molar-refractivity contribution is 0.314. The second-order valence-corrected chi connectivity index (χ2v) is 5.29. The van der Waals surface area contributed by atoms with E-state index in [4.69, 9.17) is 17.2 Å². The molecule has 0 aromatic heterocycles. The van der Waals surface area contributed by atoms with E-state index in [1.54, 1.807) is 0 Å². The van der Waals surface area contributed by atoms with Crippen molar-refractivity contribution in [2.45, 2.75) is 37.5 Å². The quantitative estimate of drug-likeness (QED) is 0.529. The van der Waals surface area contributed by atoms with E-state index < -0.39 is 11.3 Å². The number of nitrogens with two attached hydrogens (primary N) is 3. The molecule has 2 aliphatic heterocycles. The maximum atomic E-state index is 6.20. The maximum absolute atomic E-state index is 6.20. The summed E-state index contributed by atoms with van der Waals surface area (Å²) in [6, 6.07) is 8.14. The number of rotatable bonds is 1. The Morgan fingerprint density at radius 2 is 1.88 bits per heavy atom. The Morgan fingerprint density at radius 3 is 2.38 bits per heavy atom. The normalized spacial score (nSPS) is 29.4. The van der Waals surface area contributed by atoms with E-state index in [1.165, 1.54) is 0 Å². The van der Waals surface area contributed by atoms with E-state index in [-0.39, 0.29) is 5.92 Å². The minimum atomic E-state index is -0.763. The van der Waals surface area contributed by atoms with Crippen molar-refractivity contribution in [2.75, 3.05) is 5.32 Å². The minimum absolute atomic E-state index is 0.0457. The minimum Gasteiger partial charge on any atom is -0.368 e. The van der Waals surface area contributed by atoms with Crippen LogP contribution in [0.25, 0.3) is 0 Å². The van der Waals surface area contributed by atoms with Gasteiger partial charge in [-0.25, -0.2) is 0 Å². The molecule has 4 heteroatoms. The number of hydrogen-bond acceptors (Lipinski definition) is 4. The highest BCUT2D eigenvalue weighted by Gasteiger charge is 2.35. The van der Waals surface area contributed by atoms with Crippen LogP contribution in [0.3, 0.4) is 0 Å². The highest BCUT2D eigenvalue weighted by Crippen LogP contribution is 2.34. The fourth-order valence-electron chi connectivity index (χ4n) is 2.30. The summed E-state index contributed by atoms with van der Waals surface area (Å²) in [6.45, 7) is 3.80. The molecule has 0 amide bonds. The average molecular weight is 220 g/mol. The molecule has 0 radical (unpaired) electrons. The second kappa shape index (κ2) is 3.45. The van der Waals surface area contributed by atoms with Gasteiger partial charge in [-0.1, -0.05) is 12.1 Å². The van der Waals surface area contributed by atoms with Gasteiger partial charge in [-0.3, -0.25) is 0 Å². The van der Waals surface area contributed by atoms with E-state index in [0.717, 1.165) is 11.3 Å². The van der Waals surface area contributed by atoms with E-state index in [0.29, 0.717) is 6.42 Å². The molecule has 16 heavy (non-hydrogen) atoms. The Hall–Kier alpha value is -1.10. The molecule has 0 saturated carbocycles. The Labute approximate surface area is 96.2 Å². The topological polar surface area (TPSA) is 90.1 Å². The molecule has 0 aliphatic carbocycles. The van der Waals surface area contributed by atoms with E-state index in [1.807, 2.05) is 26.0 Å². The molecule has 3 rings (SSSR count). The molecule has 0 fully saturated rings. The fourth-order valence-corrected chi connectivity index (χ4v) is 2.30. The first-order valence-corrected chi connectivity index (χ1v) is 5.53. The van der Waals surface area contributed by atoms with Crippen LogP contribution >= 0.6 is 0 Å². The zero-order valence-corrected chi connectivity index (χ0v) is 9.83. The van der Waals surface area contributed by atoms with Crippen LogP contribution < -0.4 is 22.5 Å². The molecule has 2 aliphatic rings. The number of hydrogen-bond donors (Lipinski definition) is 4. The van der Waals surface area contributed by atoms with Crippen LogP contribution in [-0.4, -0.2) is 11.3 Å². The summed E-state index contributed by atoms with van der Waals surface area (Å²) >= 11 is 0. The highest BCUT2D eigenvalue weighted by molar-refractivity contribution is 5.49. The molecule has 0 saturated heterocycles. The summed E-state index contributed by atoms with van der Waals surface area (Å²) in [5.41, 5.74) is 19.2. The van der Waals surface area contributed by atoms with Crippen LogP contribution in [0.2, 0.25) is 0 Å². The summed E-state index contributed by atoms with van der Waals surface area (Å²) in [7, 11) is 0. The van der Waals surface area contributed by atoms with Crippen molar-refractivity contribution in [3.8, 4) is 0 Å². The third-order valence-corrected chi connectivity index (χ3v) is 3.12. The molecular formula is C12H20N4. The Bertz CT molecular complexity index is 375. The van der Waals surface area contributed by atoms with Crippen LogP contribution in [0.4, 0.5) is 5.69 Å². The van der Waals surface area contributed by atoms with Crippen molar-refractivity contribution in [2.24, 2.45) is 17.2 Å². The Kier molecular flexibility index (Phi) is 2.45. The molecule has 0 spiro atoms. The third-order valence-electron chi connectivity index (χ3n) is 3.12. The Balaban J connectivity index is 2.46. The monoisotopic (exact) mass is 220 g/mol. The van der Waals surface area contributed by atoms with Crippen molar-refractivity contribution in [3.63, 3.8) is 0 Å². The van der Waals surface area contributed by atoms with Gasteiger partial charge in [0.05, 0.1) is 11.3 Å². The van der Waals surface area contributed by atoms with Gasteiger partial charge in [-0.2, -0.15) is 0 Å². The van der Waals surface area contributed by atoms with Crippen LogP contribution in [0.15, 0.2) is 24.3 Å². The average Bonchev–Trinajstić information content (AvgIpc) is 2.10. The molecule has 2 atom stereocenters. The lowest BCUT2D eigenvalue weighted by Crippen LogP contribution is -2.56. The molecular weight excluding hydrogens is 200 g/mol. The van der Waals surface area contributed by atoms with E-state index in [9.17, 15) is 0 Å². The molecule has 1 aromatic carbocycles. The Morgan fingerprint density at radius 1 is 1.31 bits per heavy atom. The van der Waals surface area contributed by atoms with Gasteiger partial charge in [0.15, 0.2) is 0 Å². The largest absolute Gasteiger partial charge is 0.368 e. The van der Waals surface area contributed by atoms with Crippen LogP contribution in [0.1, 0.15) is 31.7 Å². The van der Waals surface area contributed by atoms with Crippen LogP contribution in [0, 0.1) is 0 Å². The number of benzene rings is 1. The van der Waals surface area contributed by atoms with Gasteiger partial charge in [0, 0.05) is 11.6 Å². The van der Waals surface area contributed by atoms with Gasteiger partial charge < -0.3 is 22.5 Å².